The van der Waals surface area contributed by atoms with Crippen molar-refractivity contribution in [2.24, 2.45) is 5.92 Å². The molecule has 1 aromatic carbocycles. The number of fused-ring (bicyclic) bond motifs is 1. The third-order valence-corrected chi connectivity index (χ3v) is 7.83. The number of aromatic nitrogens is 1. The fourth-order valence-electron chi connectivity index (χ4n) is 3.76. The number of likely N-dealkylation sites (N-methyl/N-ethyl adjacent to an activating group) is 1. The molecular formula is C23H31N3O6S. The molecule has 0 saturated heterocycles. The van der Waals surface area contributed by atoms with E-state index in [1.807, 2.05) is 13.0 Å². The summed E-state index contributed by atoms with van der Waals surface area (Å²) in [5.41, 5.74) is 1.58. The van der Waals surface area contributed by atoms with Crippen molar-refractivity contribution in [1.29, 1.82) is 0 Å². The number of aliphatic hydroxyl groups is 1. The summed E-state index contributed by atoms with van der Waals surface area (Å²) in [6.45, 7) is 3.57. The molecule has 1 N–H and O–H groups in total. The number of carbonyl (C=O) groups is 1. The first-order chi connectivity index (χ1) is 15.7. The van der Waals surface area contributed by atoms with Gasteiger partial charge in [-0.25, -0.2) is 8.42 Å². The van der Waals surface area contributed by atoms with Crippen LogP contribution in [-0.4, -0.2) is 86.2 Å². The number of rotatable bonds is 7. The van der Waals surface area contributed by atoms with Crippen LogP contribution in [0, 0.1) is 5.92 Å². The Morgan fingerprint density at radius 1 is 1.36 bits per heavy atom. The van der Waals surface area contributed by atoms with Crippen LogP contribution in [0.15, 0.2) is 47.6 Å². The molecule has 0 spiro atoms. The summed E-state index contributed by atoms with van der Waals surface area (Å²) in [5.74, 6) is -0.259. The fourth-order valence-corrected chi connectivity index (χ4v) is 5.59. The Kier molecular flexibility index (Phi) is 8.06. The lowest BCUT2D eigenvalue weighted by Gasteiger charge is -2.37. The SMILES string of the molecule is COCC(=O)N(C)C[C@@H]1Oc2cc(-c3cccnc3)ccc2S(=O)(=O)N([C@H](C)CO)C[C@H]1C. The molecule has 180 valence electrons. The maximum atomic E-state index is 13.5. The van der Waals surface area contributed by atoms with Crippen LogP contribution in [-0.2, 0) is 19.6 Å². The van der Waals surface area contributed by atoms with Gasteiger partial charge >= 0.3 is 0 Å². The van der Waals surface area contributed by atoms with Crippen molar-refractivity contribution in [3.05, 3.63) is 42.7 Å². The lowest BCUT2D eigenvalue weighted by Crippen LogP contribution is -2.50. The minimum Gasteiger partial charge on any atom is -0.487 e. The highest BCUT2D eigenvalue weighted by Gasteiger charge is 2.38. The fraction of sp³-hybridized carbons (Fsp3) is 0.478. The molecule has 0 fully saturated rings. The van der Waals surface area contributed by atoms with E-state index in [9.17, 15) is 18.3 Å². The molecule has 0 bridgehead atoms. The van der Waals surface area contributed by atoms with Gasteiger partial charge in [-0.05, 0) is 30.7 Å². The van der Waals surface area contributed by atoms with Crippen LogP contribution in [0.3, 0.4) is 0 Å². The summed E-state index contributed by atoms with van der Waals surface area (Å²) < 4.78 is 39.6. The quantitative estimate of drug-likeness (QED) is 0.645. The number of hydrogen-bond acceptors (Lipinski definition) is 7. The highest BCUT2D eigenvalue weighted by Crippen LogP contribution is 2.36. The molecule has 1 aliphatic rings. The third kappa shape index (κ3) is 5.52. The van der Waals surface area contributed by atoms with Gasteiger partial charge in [0.25, 0.3) is 0 Å². The molecule has 10 heteroatoms. The highest BCUT2D eigenvalue weighted by molar-refractivity contribution is 7.89. The molecule has 0 radical (unpaired) electrons. The molecule has 9 nitrogen and oxygen atoms in total. The van der Waals surface area contributed by atoms with Crippen molar-refractivity contribution in [1.82, 2.24) is 14.2 Å². The molecule has 1 aromatic heterocycles. The minimum absolute atomic E-state index is 0.0261. The molecule has 3 atom stereocenters. The third-order valence-electron chi connectivity index (χ3n) is 5.81. The molecular weight excluding hydrogens is 446 g/mol. The standard InChI is InChI=1S/C23H31N3O6S/c1-16-12-26(17(2)14-27)33(29,30)22-8-7-18(19-6-5-9-24-11-19)10-20(22)32-21(16)13-25(3)23(28)15-31-4/h5-11,16-17,21,27H,12-15H2,1-4H3/t16-,17-,21+/m1/s1. The second-order valence-corrected chi connectivity index (χ2v) is 10.2. The molecule has 1 aliphatic heterocycles. The first-order valence-electron chi connectivity index (χ1n) is 10.8. The molecule has 3 rings (SSSR count). The van der Waals surface area contributed by atoms with E-state index in [-0.39, 0.29) is 48.8 Å². The van der Waals surface area contributed by atoms with Gasteiger partial charge in [0.05, 0.1) is 13.2 Å². The minimum atomic E-state index is -3.93. The van der Waals surface area contributed by atoms with Crippen LogP contribution in [0.1, 0.15) is 13.8 Å². The van der Waals surface area contributed by atoms with E-state index in [0.29, 0.717) is 0 Å². The summed E-state index contributed by atoms with van der Waals surface area (Å²) in [5, 5.41) is 9.74. The van der Waals surface area contributed by atoms with Gasteiger partial charge in [0.15, 0.2) is 0 Å². The van der Waals surface area contributed by atoms with E-state index in [4.69, 9.17) is 9.47 Å². The second-order valence-electron chi connectivity index (χ2n) is 8.35. The Bertz CT molecular complexity index is 1060. The van der Waals surface area contributed by atoms with Gasteiger partial charge in [0, 0.05) is 50.6 Å². The molecule has 2 aromatic rings. The second kappa shape index (κ2) is 10.6. The highest BCUT2D eigenvalue weighted by atomic mass is 32.2. The molecule has 2 heterocycles. The molecule has 1 amide bonds. The molecule has 0 saturated carbocycles. The number of aliphatic hydroxyl groups excluding tert-OH is 1. The van der Waals surface area contributed by atoms with E-state index < -0.39 is 22.2 Å². The van der Waals surface area contributed by atoms with E-state index in [1.165, 1.54) is 22.4 Å². The number of ether oxygens (including phenoxy) is 2. The lowest BCUT2D eigenvalue weighted by molar-refractivity contribution is -0.135. The number of benzene rings is 1. The first-order valence-corrected chi connectivity index (χ1v) is 12.2. The van der Waals surface area contributed by atoms with E-state index in [1.54, 1.807) is 44.6 Å². The van der Waals surface area contributed by atoms with Gasteiger partial charge in [-0.15, -0.1) is 0 Å². The molecule has 0 aliphatic carbocycles. The van der Waals surface area contributed by atoms with Crippen LogP contribution >= 0.6 is 0 Å². The Morgan fingerprint density at radius 2 is 2.12 bits per heavy atom. The normalized spacial score (nSPS) is 21.2. The van der Waals surface area contributed by atoms with Crippen molar-refractivity contribution >= 4 is 15.9 Å². The average Bonchev–Trinajstić information content (AvgIpc) is 2.81. The maximum Gasteiger partial charge on any atom is 0.248 e. The number of pyridine rings is 1. The predicted molar refractivity (Wildman–Crippen MR) is 123 cm³/mol. The Labute approximate surface area is 195 Å². The summed E-state index contributed by atoms with van der Waals surface area (Å²) in [7, 11) is -0.815. The summed E-state index contributed by atoms with van der Waals surface area (Å²) in [6.07, 6.45) is 2.87. The molecule has 33 heavy (non-hydrogen) atoms. The number of carbonyl (C=O) groups excluding carboxylic acids is 1. The van der Waals surface area contributed by atoms with Crippen molar-refractivity contribution in [3.8, 4) is 16.9 Å². The zero-order valence-electron chi connectivity index (χ0n) is 19.3. The lowest BCUT2D eigenvalue weighted by atomic mass is 10.0. The van der Waals surface area contributed by atoms with E-state index in [0.717, 1.165) is 11.1 Å². The summed E-state index contributed by atoms with van der Waals surface area (Å²) >= 11 is 0. The first kappa shape index (κ1) is 25.1. The average molecular weight is 478 g/mol. The zero-order chi connectivity index (χ0) is 24.2. The topological polar surface area (TPSA) is 109 Å². The van der Waals surface area contributed by atoms with E-state index in [2.05, 4.69) is 4.98 Å². The number of methoxy groups -OCH3 is 1. The Hall–Kier alpha value is -2.53. The predicted octanol–water partition coefficient (Wildman–Crippen LogP) is 1.62. The van der Waals surface area contributed by atoms with E-state index >= 15 is 0 Å². The van der Waals surface area contributed by atoms with Crippen molar-refractivity contribution in [2.45, 2.75) is 30.9 Å². The van der Waals surface area contributed by atoms with Gasteiger partial charge in [-0.1, -0.05) is 19.1 Å². The number of sulfonamides is 1. The van der Waals surface area contributed by atoms with Crippen LogP contribution in [0.4, 0.5) is 0 Å². The Morgan fingerprint density at radius 3 is 2.76 bits per heavy atom. The monoisotopic (exact) mass is 477 g/mol. The number of nitrogens with zero attached hydrogens (tertiary/aromatic N) is 3. The van der Waals surface area contributed by atoms with Gasteiger partial charge in [0.2, 0.25) is 15.9 Å². The van der Waals surface area contributed by atoms with Gasteiger partial charge in [-0.2, -0.15) is 4.31 Å². The van der Waals surface area contributed by atoms with Gasteiger partial charge in [0.1, 0.15) is 23.4 Å². The summed E-state index contributed by atoms with van der Waals surface area (Å²) in [6, 6.07) is 7.99. The van der Waals surface area contributed by atoms with Crippen LogP contribution < -0.4 is 4.74 Å². The van der Waals surface area contributed by atoms with Crippen LogP contribution in [0.25, 0.3) is 11.1 Å². The molecule has 0 unspecified atom stereocenters. The zero-order valence-corrected chi connectivity index (χ0v) is 20.2. The number of hydrogen-bond donors (Lipinski definition) is 1. The Balaban J connectivity index is 2.08. The van der Waals surface area contributed by atoms with Crippen molar-refractivity contribution in [2.75, 3.05) is 40.5 Å². The van der Waals surface area contributed by atoms with Gasteiger partial charge in [-0.3, -0.25) is 9.78 Å². The summed E-state index contributed by atoms with van der Waals surface area (Å²) in [4.78, 5) is 18.0. The van der Waals surface area contributed by atoms with Gasteiger partial charge < -0.3 is 19.5 Å². The van der Waals surface area contributed by atoms with Crippen LogP contribution in [0.5, 0.6) is 5.75 Å². The maximum absolute atomic E-state index is 13.5. The van der Waals surface area contributed by atoms with Crippen molar-refractivity contribution in [3.63, 3.8) is 0 Å². The van der Waals surface area contributed by atoms with Crippen molar-refractivity contribution < 1.29 is 27.8 Å². The number of amides is 1. The van der Waals surface area contributed by atoms with Crippen LogP contribution in [0.2, 0.25) is 0 Å². The smallest absolute Gasteiger partial charge is 0.248 e. The largest absolute Gasteiger partial charge is 0.487 e.